The third-order valence-electron chi connectivity index (χ3n) is 9.47. The molecule has 5 heteroatoms. The average molecular weight is 649 g/mol. The fourth-order valence-electron chi connectivity index (χ4n) is 6.45. The van der Waals surface area contributed by atoms with Gasteiger partial charge in [0.05, 0.1) is 6.04 Å². The number of aryl methyl sites for hydroxylation is 1. The van der Waals surface area contributed by atoms with Gasteiger partial charge in [-0.25, -0.2) is 0 Å². The van der Waals surface area contributed by atoms with Crippen LogP contribution >= 0.6 is 0 Å². The zero-order valence-corrected chi connectivity index (χ0v) is 30.4. The lowest BCUT2D eigenvalue weighted by atomic mass is 9.82. The first-order valence-electron chi connectivity index (χ1n) is 18.5. The number of benzene rings is 2. The maximum atomic E-state index is 13.5. The van der Waals surface area contributed by atoms with Gasteiger partial charge in [-0.05, 0) is 106 Å². The Labute approximate surface area is 293 Å². The van der Waals surface area contributed by atoms with Crippen LogP contribution in [0.3, 0.4) is 0 Å². The fraction of sp³-hybridized carbons (Fsp3) is 0.512. The first kappa shape index (κ1) is 38.8. The Bertz CT molecular complexity index is 1320. The van der Waals surface area contributed by atoms with Gasteiger partial charge in [0.15, 0.2) is 0 Å². The summed E-state index contributed by atoms with van der Waals surface area (Å²) in [5.74, 6) is 0.757. The zero-order chi connectivity index (χ0) is 34.6. The molecule has 258 valence electrons. The topological polar surface area (TPSA) is 56.4 Å². The second-order valence-corrected chi connectivity index (χ2v) is 12.7. The molecular formula is C43H60N4O. The monoisotopic (exact) mass is 648 g/mol. The van der Waals surface area contributed by atoms with Gasteiger partial charge in [-0.3, -0.25) is 4.79 Å². The minimum absolute atomic E-state index is 0.0633. The van der Waals surface area contributed by atoms with Gasteiger partial charge in [0, 0.05) is 30.3 Å². The molecule has 1 amide bonds. The number of hydrogen-bond donors (Lipinski definition) is 3. The van der Waals surface area contributed by atoms with E-state index in [-0.39, 0.29) is 18.0 Å². The van der Waals surface area contributed by atoms with Crippen molar-refractivity contribution in [2.24, 2.45) is 5.92 Å². The highest BCUT2D eigenvalue weighted by atomic mass is 16.2. The van der Waals surface area contributed by atoms with Crippen LogP contribution in [0.4, 0.5) is 0 Å². The van der Waals surface area contributed by atoms with E-state index in [1.807, 2.05) is 19.9 Å². The maximum absolute atomic E-state index is 13.5. The van der Waals surface area contributed by atoms with E-state index in [0.29, 0.717) is 18.9 Å². The minimum atomic E-state index is -0.274. The van der Waals surface area contributed by atoms with Gasteiger partial charge in [0.2, 0.25) is 5.91 Å². The Morgan fingerprint density at radius 3 is 2.33 bits per heavy atom. The van der Waals surface area contributed by atoms with E-state index in [2.05, 4.69) is 121 Å². The second-order valence-electron chi connectivity index (χ2n) is 12.7. The molecule has 0 heterocycles. The first-order valence-corrected chi connectivity index (χ1v) is 18.5. The molecule has 1 aliphatic carbocycles. The smallest absolute Gasteiger partial charge is 0.237 e. The number of rotatable bonds is 20. The molecule has 2 unspecified atom stereocenters. The van der Waals surface area contributed by atoms with E-state index in [9.17, 15) is 4.79 Å². The molecule has 4 rings (SSSR count). The average Bonchev–Trinajstić information content (AvgIpc) is 3.13. The zero-order valence-electron chi connectivity index (χ0n) is 30.4. The van der Waals surface area contributed by atoms with Crippen LogP contribution in [0, 0.1) is 37.1 Å². The lowest BCUT2D eigenvalue weighted by Gasteiger charge is -2.25. The predicted octanol–water partition coefficient (Wildman–Crippen LogP) is 7.52. The number of carbonyl (C=O) groups is 1. The van der Waals surface area contributed by atoms with Crippen LogP contribution in [-0.4, -0.2) is 56.1 Å². The normalized spacial score (nSPS) is 14.8. The van der Waals surface area contributed by atoms with Crippen molar-refractivity contribution in [3.63, 3.8) is 0 Å². The highest BCUT2D eigenvalue weighted by Gasteiger charge is 2.20. The molecule has 0 radical (unpaired) electrons. The van der Waals surface area contributed by atoms with E-state index in [1.54, 1.807) is 0 Å². The molecule has 0 bridgehead atoms. The SMILES string of the molecule is C=Cc1ccc(C[C@@H](NCCCCC2CCc3c#cc#cc3C2)C(=O)NCCNC(CCN(CC)CC)c2ccc(C)cc2)cc1.CC. The Morgan fingerprint density at radius 1 is 0.938 bits per heavy atom. The van der Waals surface area contributed by atoms with Crippen LogP contribution in [0.25, 0.3) is 6.08 Å². The minimum Gasteiger partial charge on any atom is -0.353 e. The molecule has 0 aromatic heterocycles. The summed E-state index contributed by atoms with van der Waals surface area (Å²) in [5, 5.41) is 10.6. The Kier molecular flexibility index (Phi) is 17.9. The molecule has 0 fully saturated rings. The Hall–Kier alpha value is -3.61. The quantitative estimate of drug-likeness (QED) is 0.111. The molecular weight excluding hydrogens is 589 g/mol. The van der Waals surface area contributed by atoms with Crippen molar-refractivity contribution >= 4 is 12.0 Å². The Balaban J connectivity index is 0.00000307. The van der Waals surface area contributed by atoms with Gasteiger partial charge >= 0.3 is 0 Å². The summed E-state index contributed by atoms with van der Waals surface area (Å²) in [7, 11) is 0. The third-order valence-corrected chi connectivity index (χ3v) is 9.47. The number of carbonyl (C=O) groups excluding carboxylic acids is 1. The van der Waals surface area contributed by atoms with Crippen molar-refractivity contribution < 1.29 is 4.79 Å². The highest BCUT2D eigenvalue weighted by molar-refractivity contribution is 5.82. The van der Waals surface area contributed by atoms with Crippen LogP contribution in [0.15, 0.2) is 55.1 Å². The predicted molar refractivity (Wildman–Crippen MR) is 202 cm³/mol. The molecule has 48 heavy (non-hydrogen) atoms. The lowest BCUT2D eigenvalue weighted by Crippen LogP contribution is -2.47. The van der Waals surface area contributed by atoms with Crippen LogP contribution in [0.1, 0.15) is 99.2 Å². The van der Waals surface area contributed by atoms with Crippen molar-refractivity contribution in [2.75, 3.05) is 39.3 Å². The highest BCUT2D eigenvalue weighted by Crippen LogP contribution is 2.26. The van der Waals surface area contributed by atoms with E-state index < -0.39 is 0 Å². The number of nitrogens with zero attached hydrogens (tertiary/aromatic N) is 1. The van der Waals surface area contributed by atoms with Crippen molar-refractivity contribution in [1.82, 2.24) is 20.9 Å². The van der Waals surface area contributed by atoms with Crippen LogP contribution in [-0.2, 0) is 24.1 Å². The maximum Gasteiger partial charge on any atom is 0.237 e. The van der Waals surface area contributed by atoms with Gasteiger partial charge < -0.3 is 20.9 Å². The lowest BCUT2D eigenvalue weighted by molar-refractivity contribution is -0.123. The molecule has 5 nitrogen and oxygen atoms in total. The Morgan fingerprint density at radius 2 is 1.65 bits per heavy atom. The number of hydrogen-bond acceptors (Lipinski definition) is 4. The van der Waals surface area contributed by atoms with Gasteiger partial charge in [-0.15, -0.1) is 0 Å². The summed E-state index contributed by atoms with van der Waals surface area (Å²) in [4.78, 5) is 16.0. The number of unbranched alkanes of at least 4 members (excludes halogenated alkanes) is 1. The molecule has 3 aromatic rings. The van der Waals surface area contributed by atoms with E-state index in [4.69, 9.17) is 0 Å². The van der Waals surface area contributed by atoms with Crippen molar-refractivity contribution in [2.45, 2.75) is 98.1 Å². The van der Waals surface area contributed by atoms with Gasteiger partial charge in [0.25, 0.3) is 0 Å². The van der Waals surface area contributed by atoms with Crippen molar-refractivity contribution in [3.05, 3.63) is 113 Å². The molecule has 0 saturated heterocycles. The molecule has 0 spiro atoms. The van der Waals surface area contributed by atoms with E-state index in [1.165, 1.54) is 35.1 Å². The number of fused-ring (bicyclic) bond motifs is 1. The third kappa shape index (κ3) is 13.1. The molecule has 3 atom stereocenters. The summed E-state index contributed by atoms with van der Waals surface area (Å²) in [6.07, 6.45) is 10.3. The van der Waals surface area contributed by atoms with Gasteiger partial charge in [-0.1, -0.05) is 119 Å². The fourth-order valence-corrected chi connectivity index (χ4v) is 6.45. The number of amides is 1. The number of nitrogens with one attached hydrogen (secondary N) is 3. The molecule has 0 aliphatic heterocycles. The summed E-state index contributed by atoms with van der Waals surface area (Å²) >= 11 is 0. The van der Waals surface area contributed by atoms with E-state index in [0.717, 1.165) is 76.0 Å². The van der Waals surface area contributed by atoms with Crippen LogP contribution < -0.4 is 16.0 Å². The molecule has 3 aromatic carbocycles. The molecule has 3 N–H and O–H groups in total. The summed E-state index contributed by atoms with van der Waals surface area (Å²) in [5.41, 5.74) is 7.35. The first-order chi connectivity index (χ1) is 23.5. The van der Waals surface area contributed by atoms with Crippen LogP contribution in [0.5, 0.6) is 0 Å². The van der Waals surface area contributed by atoms with E-state index >= 15 is 0 Å². The second kappa shape index (κ2) is 22.1. The summed E-state index contributed by atoms with van der Waals surface area (Å²) in [6.45, 7) is 19.7. The molecule has 1 aliphatic rings. The van der Waals surface area contributed by atoms with Crippen molar-refractivity contribution in [1.29, 1.82) is 0 Å². The standard InChI is InChI=1S/C41H54N4O.C2H6/c1-5-33-17-19-35(20-18-33)31-40(42-26-11-10-12-34-21-24-36-13-8-9-14-38(36)30-34)41(46)44-28-27-43-39(25-29-45(6-2)7-3)37-22-15-32(4)16-23-37;1-2/h5,15-20,22-23,34,39-40,42-43H,1,6-7,10-12,21,24-31H2,2-4H3,(H,44,46);1-2H3/t34?,39?,40-;/m1./s1. The summed E-state index contributed by atoms with van der Waals surface area (Å²) in [6, 6.07) is 29.5. The molecule has 0 saturated carbocycles. The van der Waals surface area contributed by atoms with Crippen molar-refractivity contribution in [3.8, 4) is 0 Å². The van der Waals surface area contributed by atoms with Crippen LogP contribution in [0.2, 0.25) is 0 Å². The summed E-state index contributed by atoms with van der Waals surface area (Å²) < 4.78 is 0. The van der Waals surface area contributed by atoms with Gasteiger partial charge in [-0.2, -0.15) is 0 Å². The van der Waals surface area contributed by atoms with Gasteiger partial charge in [0.1, 0.15) is 0 Å². The largest absolute Gasteiger partial charge is 0.353 e.